The molecule has 0 aliphatic rings. The molecule has 0 fully saturated rings. The molecule has 1 rings (SSSR count). The van der Waals surface area contributed by atoms with E-state index in [0.29, 0.717) is 5.75 Å². The molecule has 0 saturated heterocycles. The molecule has 0 N–H and O–H groups in total. The first-order chi connectivity index (χ1) is 7.30. The average Bonchev–Trinajstić information content (AvgIpc) is 2.14. The molecule has 0 heterocycles. The zero-order chi connectivity index (χ0) is 12.3. The maximum atomic E-state index is 11.7. The minimum atomic E-state index is -0.350. The Morgan fingerprint density at radius 3 is 2.50 bits per heavy atom. The van der Waals surface area contributed by atoms with Gasteiger partial charge >= 0.3 is 0 Å². The Bertz CT molecular complexity index is 391. The predicted octanol–water partition coefficient (Wildman–Crippen LogP) is 3.75. The molecular weight excluding hydrogens is 268 g/mol. The Hall–Kier alpha value is -0.830. The van der Waals surface area contributed by atoms with E-state index >= 15 is 0 Å². The zero-order valence-corrected chi connectivity index (χ0v) is 11.7. The third-order valence-electron chi connectivity index (χ3n) is 2.28. The first kappa shape index (κ1) is 13.2. The Balaban J connectivity index is 2.65. The van der Waals surface area contributed by atoms with Gasteiger partial charge in [0, 0.05) is 5.41 Å². The van der Waals surface area contributed by atoms with Crippen molar-refractivity contribution in [2.45, 2.75) is 27.7 Å². The molecule has 88 valence electrons. The summed E-state index contributed by atoms with van der Waals surface area (Å²) in [5.41, 5.74) is 0.804. The highest BCUT2D eigenvalue weighted by Crippen LogP contribution is 2.26. The summed E-state index contributed by atoms with van der Waals surface area (Å²) in [5, 5.41) is 0. The molecule has 3 heteroatoms. The molecule has 0 unspecified atom stereocenters. The second kappa shape index (κ2) is 5.00. The molecular formula is C13H17BrO2. The van der Waals surface area contributed by atoms with Gasteiger partial charge < -0.3 is 4.74 Å². The number of carbonyl (C=O) groups is 1. The smallest absolute Gasteiger partial charge is 0.175 e. The van der Waals surface area contributed by atoms with Crippen LogP contribution < -0.4 is 4.74 Å². The van der Waals surface area contributed by atoms with Gasteiger partial charge in [0.05, 0.1) is 4.47 Å². The van der Waals surface area contributed by atoms with E-state index in [2.05, 4.69) is 15.9 Å². The number of ether oxygens (including phenoxy) is 1. The normalized spacial score (nSPS) is 11.3. The first-order valence-corrected chi connectivity index (χ1v) is 6.02. The molecule has 0 spiro atoms. The van der Waals surface area contributed by atoms with Crippen LogP contribution in [0.3, 0.4) is 0 Å². The van der Waals surface area contributed by atoms with Crippen LogP contribution in [0.15, 0.2) is 22.7 Å². The average molecular weight is 285 g/mol. The standard InChI is InChI=1S/C13H17BrO2/c1-9-5-6-11(10(14)7-9)16-8-12(15)13(2,3)4/h5-7H,8H2,1-4H3. The van der Waals surface area contributed by atoms with Crippen molar-refractivity contribution < 1.29 is 9.53 Å². The van der Waals surface area contributed by atoms with Crippen molar-refractivity contribution in [3.8, 4) is 5.75 Å². The Morgan fingerprint density at radius 2 is 2.00 bits per heavy atom. The molecule has 0 aliphatic carbocycles. The van der Waals surface area contributed by atoms with Gasteiger partial charge in [-0.25, -0.2) is 0 Å². The maximum absolute atomic E-state index is 11.7. The lowest BCUT2D eigenvalue weighted by Gasteiger charge is -2.17. The van der Waals surface area contributed by atoms with E-state index in [1.807, 2.05) is 45.9 Å². The molecule has 1 aromatic rings. The van der Waals surface area contributed by atoms with E-state index in [-0.39, 0.29) is 17.8 Å². The molecule has 0 aliphatic heterocycles. The van der Waals surface area contributed by atoms with Crippen LogP contribution >= 0.6 is 15.9 Å². The Morgan fingerprint density at radius 1 is 1.38 bits per heavy atom. The third kappa shape index (κ3) is 3.63. The highest BCUT2D eigenvalue weighted by molar-refractivity contribution is 9.10. The zero-order valence-electron chi connectivity index (χ0n) is 10.1. The fourth-order valence-corrected chi connectivity index (χ4v) is 1.69. The van der Waals surface area contributed by atoms with Crippen LogP contribution in [0.2, 0.25) is 0 Å². The van der Waals surface area contributed by atoms with Gasteiger partial charge in [-0.1, -0.05) is 26.8 Å². The van der Waals surface area contributed by atoms with Crippen LogP contribution in [0.25, 0.3) is 0 Å². The monoisotopic (exact) mass is 284 g/mol. The Labute approximate surface area is 105 Å². The number of ketones is 1. The predicted molar refractivity (Wildman–Crippen MR) is 68.8 cm³/mol. The molecule has 2 nitrogen and oxygen atoms in total. The largest absolute Gasteiger partial charge is 0.485 e. The van der Waals surface area contributed by atoms with Crippen molar-refractivity contribution in [3.05, 3.63) is 28.2 Å². The number of hydrogen-bond donors (Lipinski definition) is 0. The van der Waals surface area contributed by atoms with Crippen molar-refractivity contribution in [2.75, 3.05) is 6.61 Å². The highest BCUT2D eigenvalue weighted by atomic mass is 79.9. The van der Waals surface area contributed by atoms with Crippen molar-refractivity contribution in [2.24, 2.45) is 5.41 Å². The van der Waals surface area contributed by atoms with Gasteiger partial charge in [0.15, 0.2) is 5.78 Å². The van der Waals surface area contributed by atoms with Gasteiger partial charge in [-0.3, -0.25) is 4.79 Å². The second-order valence-corrected chi connectivity index (χ2v) is 5.75. The molecule has 16 heavy (non-hydrogen) atoms. The van der Waals surface area contributed by atoms with Crippen LogP contribution in [-0.4, -0.2) is 12.4 Å². The number of Topliss-reactive ketones (excluding diaryl/α,β-unsaturated/α-hetero) is 1. The van der Waals surface area contributed by atoms with Crippen LogP contribution in [0.5, 0.6) is 5.75 Å². The van der Waals surface area contributed by atoms with E-state index in [1.165, 1.54) is 0 Å². The summed E-state index contributed by atoms with van der Waals surface area (Å²) in [5.74, 6) is 0.808. The lowest BCUT2D eigenvalue weighted by molar-refractivity contribution is -0.128. The lowest BCUT2D eigenvalue weighted by Crippen LogP contribution is -2.26. The maximum Gasteiger partial charge on any atom is 0.175 e. The molecule has 0 saturated carbocycles. The molecule has 0 amide bonds. The Kier molecular flexibility index (Phi) is 4.14. The van der Waals surface area contributed by atoms with Crippen LogP contribution in [0.4, 0.5) is 0 Å². The number of rotatable bonds is 3. The van der Waals surface area contributed by atoms with Crippen LogP contribution in [-0.2, 0) is 4.79 Å². The fourth-order valence-electron chi connectivity index (χ4n) is 1.08. The number of halogens is 1. The summed E-state index contributed by atoms with van der Waals surface area (Å²) in [6.07, 6.45) is 0. The van der Waals surface area contributed by atoms with E-state index in [1.54, 1.807) is 0 Å². The van der Waals surface area contributed by atoms with Gasteiger partial charge in [-0.15, -0.1) is 0 Å². The van der Waals surface area contributed by atoms with E-state index in [4.69, 9.17) is 4.74 Å². The van der Waals surface area contributed by atoms with E-state index in [9.17, 15) is 4.79 Å². The second-order valence-electron chi connectivity index (χ2n) is 4.90. The van der Waals surface area contributed by atoms with E-state index < -0.39 is 0 Å². The molecule has 1 aromatic carbocycles. The third-order valence-corrected chi connectivity index (χ3v) is 2.90. The summed E-state index contributed by atoms with van der Waals surface area (Å²) in [6.45, 7) is 7.80. The number of hydrogen-bond acceptors (Lipinski definition) is 2. The van der Waals surface area contributed by atoms with Gasteiger partial charge in [-0.05, 0) is 40.5 Å². The van der Waals surface area contributed by atoms with Gasteiger partial charge in [0.1, 0.15) is 12.4 Å². The molecule has 0 atom stereocenters. The van der Waals surface area contributed by atoms with Crippen LogP contribution in [0, 0.1) is 12.3 Å². The summed E-state index contributed by atoms with van der Waals surface area (Å²) in [6, 6.07) is 5.80. The number of carbonyl (C=O) groups excluding carboxylic acids is 1. The molecule has 0 aromatic heterocycles. The number of aryl methyl sites for hydroxylation is 1. The number of benzene rings is 1. The van der Waals surface area contributed by atoms with Crippen molar-refractivity contribution in [1.29, 1.82) is 0 Å². The van der Waals surface area contributed by atoms with Gasteiger partial charge in [-0.2, -0.15) is 0 Å². The highest BCUT2D eigenvalue weighted by Gasteiger charge is 2.21. The SMILES string of the molecule is Cc1ccc(OCC(=O)C(C)(C)C)c(Br)c1. The summed E-state index contributed by atoms with van der Waals surface area (Å²) >= 11 is 3.41. The van der Waals surface area contributed by atoms with Crippen molar-refractivity contribution in [3.63, 3.8) is 0 Å². The van der Waals surface area contributed by atoms with Gasteiger partial charge in [0.25, 0.3) is 0 Å². The fraction of sp³-hybridized carbons (Fsp3) is 0.462. The minimum Gasteiger partial charge on any atom is -0.485 e. The lowest BCUT2D eigenvalue weighted by atomic mass is 9.91. The quantitative estimate of drug-likeness (QED) is 0.845. The van der Waals surface area contributed by atoms with Crippen molar-refractivity contribution in [1.82, 2.24) is 0 Å². The van der Waals surface area contributed by atoms with Gasteiger partial charge in [0.2, 0.25) is 0 Å². The summed E-state index contributed by atoms with van der Waals surface area (Å²) in [7, 11) is 0. The van der Waals surface area contributed by atoms with E-state index in [0.717, 1.165) is 10.0 Å². The van der Waals surface area contributed by atoms with Crippen molar-refractivity contribution >= 4 is 21.7 Å². The molecule has 0 bridgehead atoms. The minimum absolute atomic E-state index is 0.0972. The molecule has 0 radical (unpaired) electrons. The van der Waals surface area contributed by atoms with Crippen LogP contribution in [0.1, 0.15) is 26.3 Å². The first-order valence-electron chi connectivity index (χ1n) is 5.23. The summed E-state index contributed by atoms with van der Waals surface area (Å²) < 4.78 is 6.37. The summed E-state index contributed by atoms with van der Waals surface area (Å²) in [4.78, 5) is 11.7. The topological polar surface area (TPSA) is 26.3 Å².